The van der Waals surface area contributed by atoms with Gasteiger partial charge in [-0.05, 0) is 12.8 Å². The van der Waals surface area contributed by atoms with E-state index in [0.717, 1.165) is 25.7 Å². The molecule has 0 saturated carbocycles. The number of carboxylic acids is 2. The third-order valence-electron chi connectivity index (χ3n) is 5.23. The molecule has 0 amide bonds. The largest absolute Gasteiger partial charge is 0.480 e. The Bertz CT molecular complexity index is 324. The molecule has 26 heavy (non-hydrogen) atoms. The first-order valence-corrected chi connectivity index (χ1v) is 10.5. The first-order valence-electron chi connectivity index (χ1n) is 10.5. The number of carboxylic acid groups (broad SMARTS) is 2. The lowest BCUT2D eigenvalue weighted by Crippen LogP contribution is -2.39. The van der Waals surface area contributed by atoms with Gasteiger partial charge in [0.05, 0.1) is 0 Å². The molecule has 0 fully saturated rings. The molecular formula is C21H42MgO4. The molecule has 0 aromatic heterocycles. The average molecular weight is 383 g/mol. The van der Waals surface area contributed by atoms with E-state index in [1.54, 1.807) is 0 Å². The van der Waals surface area contributed by atoms with Gasteiger partial charge in [-0.15, -0.1) is 0 Å². The summed E-state index contributed by atoms with van der Waals surface area (Å²) in [7, 11) is 0. The molecule has 0 atom stereocenters. The SMILES string of the molecule is CCCCCCCCCC(CCCCCCCCC)(C(=O)O)C(=O)O.[MgH2]. The Labute approximate surface area is 176 Å². The van der Waals surface area contributed by atoms with E-state index in [9.17, 15) is 19.8 Å². The Kier molecular flexibility index (Phi) is 19.4. The summed E-state index contributed by atoms with van der Waals surface area (Å²) >= 11 is 0. The second kappa shape index (κ2) is 18.1. The van der Waals surface area contributed by atoms with Gasteiger partial charge in [-0.25, -0.2) is 0 Å². The Morgan fingerprint density at radius 1 is 0.577 bits per heavy atom. The number of hydrogen-bond acceptors (Lipinski definition) is 2. The quantitative estimate of drug-likeness (QED) is 0.186. The normalized spacial score (nSPS) is 11.2. The van der Waals surface area contributed by atoms with E-state index in [4.69, 9.17) is 0 Å². The zero-order valence-electron chi connectivity index (χ0n) is 16.5. The van der Waals surface area contributed by atoms with Crippen LogP contribution in [0.15, 0.2) is 0 Å². The Morgan fingerprint density at radius 3 is 1.12 bits per heavy atom. The van der Waals surface area contributed by atoms with Gasteiger partial charge in [0.25, 0.3) is 0 Å². The van der Waals surface area contributed by atoms with Crippen LogP contribution in [0.5, 0.6) is 0 Å². The maximum Gasteiger partial charge on any atom is 0.321 e. The number of aliphatic carboxylic acids is 2. The monoisotopic (exact) mass is 382 g/mol. The molecule has 0 aliphatic heterocycles. The molecule has 0 radical (unpaired) electrons. The van der Waals surface area contributed by atoms with Crippen LogP contribution in [0.4, 0.5) is 0 Å². The summed E-state index contributed by atoms with van der Waals surface area (Å²) in [5.74, 6) is -2.31. The third kappa shape index (κ3) is 12.2. The molecule has 0 saturated heterocycles. The van der Waals surface area contributed by atoms with Gasteiger partial charge in [-0.2, -0.15) is 0 Å². The third-order valence-corrected chi connectivity index (χ3v) is 5.23. The van der Waals surface area contributed by atoms with E-state index in [2.05, 4.69) is 13.8 Å². The van der Waals surface area contributed by atoms with E-state index in [1.165, 1.54) is 51.4 Å². The molecule has 4 nitrogen and oxygen atoms in total. The van der Waals surface area contributed by atoms with Gasteiger partial charge in [0.1, 0.15) is 0 Å². The van der Waals surface area contributed by atoms with Crippen molar-refractivity contribution in [3.63, 3.8) is 0 Å². The van der Waals surface area contributed by atoms with Crippen LogP contribution in [-0.4, -0.2) is 45.2 Å². The van der Waals surface area contributed by atoms with Crippen molar-refractivity contribution in [2.75, 3.05) is 0 Å². The van der Waals surface area contributed by atoms with Crippen LogP contribution >= 0.6 is 0 Å². The summed E-state index contributed by atoms with van der Waals surface area (Å²) in [5.41, 5.74) is -1.58. The Balaban J connectivity index is 0. The number of hydrogen-bond donors (Lipinski definition) is 2. The molecular weight excluding hydrogens is 341 g/mol. The minimum absolute atomic E-state index is 0. The molecule has 0 bridgehead atoms. The summed E-state index contributed by atoms with van der Waals surface area (Å²) < 4.78 is 0. The summed E-state index contributed by atoms with van der Waals surface area (Å²) in [6.07, 6.45) is 15.6. The number of unbranched alkanes of at least 4 members (excludes halogenated alkanes) is 12. The van der Waals surface area contributed by atoms with Crippen LogP contribution in [0.3, 0.4) is 0 Å². The highest BCUT2D eigenvalue weighted by Gasteiger charge is 2.45. The standard InChI is InChI=1S/C21H40O4.Mg.2H/c1-3-5-7-9-11-13-15-17-21(19(22)23,20(24)25)18-16-14-12-10-8-6-4-2;;;/h3-18H2,1-2H3,(H,22,23)(H,24,25);;;. The molecule has 0 aliphatic carbocycles. The first kappa shape index (κ1) is 27.9. The van der Waals surface area contributed by atoms with Crippen molar-refractivity contribution in [2.24, 2.45) is 5.41 Å². The second-order valence-electron chi connectivity index (χ2n) is 7.44. The second-order valence-corrected chi connectivity index (χ2v) is 7.44. The van der Waals surface area contributed by atoms with Gasteiger partial charge in [-0.3, -0.25) is 9.59 Å². The Morgan fingerprint density at radius 2 is 0.846 bits per heavy atom. The summed E-state index contributed by atoms with van der Waals surface area (Å²) in [4.78, 5) is 23.4. The summed E-state index contributed by atoms with van der Waals surface area (Å²) in [6.45, 7) is 4.36. The molecule has 0 spiro atoms. The summed E-state index contributed by atoms with van der Waals surface area (Å²) in [5, 5.41) is 19.1. The minimum atomic E-state index is -1.58. The smallest absolute Gasteiger partial charge is 0.321 e. The van der Waals surface area contributed by atoms with Gasteiger partial charge >= 0.3 is 35.0 Å². The van der Waals surface area contributed by atoms with E-state index in [-0.39, 0.29) is 35.9 Å². The lowest BCUT2D eigenvalue weighted by Gasteiger charge is -2.25. The molecule has 0 unspecified atom stereocenters. The molecule has 0 rings (SSSR count). The summed E-state index contributed by atoms with van der Waals surface area (Å²) in [6, 6.07) is 0. The highest BCUT2D eigenvalue weighted by molar-refractivity contribution is 5.98. The predicted molar refractivity (Wildman–Crippen MR) is 111 cm³/mol. The van der Waals surface area contributed by atoms with Crippen molar-refractivity contribution in [1.82, 2.24) is 0 Å². The molecule has 0 aromatic rings. The zero-order chi connectivity index (χ0) is 19.0. The van der Waals surface area contributed by atoms with Crippen LogP contribution in [0.2, 0.25) is 0 Å². The molecule has 0 aromatic carbocycles. The van der Waals surface area contributed by atoms with E-state index in [0.29, 0.717) is 12.8 Å². The average Bonchev–Trinajstić information content (AvgIpc) is 2.57. The van der Waals surface area contributed by atoms with Crippen LogP contribution in [0.25, 0.3) is 0 Å². The van der Waals surface area contributed by atoms with Crippen molar-refractivity contribution >= 4 is 35.0 Å². The van der Waals surface area contributed by atoms with Crippen LogP contribution < -0.4 is 0 Å². The van der Waals surface area contributed by atoms with Crippen molar-refractivity contribution in [2.45, 2.75) is 117 Å². The molecule has 152 valence electrons. The van der Waals surface area contributed by atoms with Crippen molar-refractivity contribution in [3.8, 4) is 0 Å². The molecule has 0 aliphatic rings. The maximum atomic E-state index is 11.7. The van der Waals surface area contributed by atoms with Crippen molar-refractivity contribution in [1.29, 1.82) is 0 Å². The lowest BCUT2D eigenvalue weighted by molar-refractivity contribution is -0.166. The van der Waals surface area contributed by atoms with Crippen molar-refractivity contribution < 1.29 is 19.8 Å². The van der Waals surface area contributed by atoms with Gasteiger partial charge in [0, 0.05) is 0 Å². The first-order chi connectivity index (χ1) is 12.0. The van der Waals surface area contributed by atoms with Crippen LogP contribution in [0, 0.1) is 5.41 Å². The van der Waals surface area contributed by atoms with Gasteiger partial charge in [0.2, 0.25) is 0 Å². The fraction of sp³-hybridized carbons (Fsp3) is 0.905. The van der Waals surface area contributed by atoms with Crippen LogP contribution in [0.1, 0.15) is 117 Å². The lowest BCUT2D eigenvalue weighted by atomic mass is 9.78. The topological polar surface area (TPSA) is 74.6 Å². The van der Waals surface area contributed by atoms with Crippen LogP contribution in [-0.2, 0) is 9.59 Å². The number of carbonyl (C=O) groups is 2. The van der Waals surface area contributed by atoms with Gasteiger partial charge in [0.15, 0.2) is 5.41 Å². The Hall–Kier alpha value is -0.294. The maximum absolute atomic E-state index is 11.7. The minimum Gasteiger partial charge on any atom is -0.480 e. The molecule has 5 heteroatoms. The zero-order valence-corrected chi connectivity index (χ0v) is 16.5. The predicted octanol–water partition coefficient (Wildman–Crippen LogP) is 5.51. The van der Waals surface area contributed by atoms with E-state index in [1.807, 2.05) is 0 Å². The van der Waals surface area contributed by atoms with E-state index >= 15 is 0 Å². The van der Waals surface area contributed by atoms with Gasteiger partial charge in [-0.1, -0.05) is 104 Å². The highest BCUT2D eigenvalue weighted by Crippen LogP contribution is 2.33. The highest BCUT2D eigenvalue weighted by atomic mass is 24.3. The molecule has 0 heterocycles. The molecule has 2 N–H and O–H groups in total. The fourth-order valence-corrected chi connectivity index (χ4v) is 3.41. The van der Waals surface area contributed by atoms with Crippen molar-refractivity contribution in [3.05, 3.63) is 0 Å². The fourth-order valence-electron chi connectivity index (χ4n) is 3.41. The van der Waals surface area contributed by atoms with E-state index < -0.39 is 17.4 Å². The number of rotatable bonds is 18. The van der Waals surface area contributed by atoms with Gasteiger partial charge < -0.3 is 10.2 Å².